The van der Waals surface area contributed by atoms with Gasteiger partial charge in [0.2, 0.25) is 0 Å². The smallest absolute Gasteiger partial charge is 0.275 e. The molecular weight excluding hydrogens is 274 g/mol. The third-order valence-electron chi connectivity index (χ3n) is 3.88. The van der Waals surface area contributed by atoms with Crippen molar-refractivity contribution in [1.82, 2.24) is 5.32 Å². The summed E-state index contributed by atoms with van der Waals surface area (Å²) >= 11 is 5.83. The van der Waals surface area contributed by atoms with Gasteiger partial charge in [0.25, 0.3) is 5.91 Å². The maximum atomic E-state index is 12.1. The minimum Gasteiger partial charge on any atom is -0.347 e. The van der Waals surface area contributed by atoms with Crippen LogP contribution in [0.25, 0.3) is 0 Å². The van der Waals surface area contributed by atoms with Crippen LogP contribution in [-0.4, -0.2) is 43.1 Å². The molecule has 0 aliphatic carbocycles. The van der Waals surface area contributed by atoms with Gasteiger partial charge in [-0.3, -0.25) is 4.79 Å². The molecular formula is C15H23ClN3O+. The molecule has 1 unspecified atom stereocenters. The number of hydrogen-bond donors (Lipinski definition) is 2. The van der Waals surface area contributed by atoms with Crippen LogP contribution in [0.1, 0.15) is 18.4 Å². The van der Waals surface area contributed by atoms with Gasteiger partial charge < -0.3 is 15.5 Å². The lowest BCUT2D eigenvalue weighted by Crippen LogP contribution is -2.58. The summed E-state index contributed by atoms with van der Waals surface area (Å²) < 4.78 is 0.744. The first-order valence-corrected chi connectivity index (χ1v) is 7.45. The van der Waals surface area contributed by atoms with Crippen LogP contribution in [0.15, 0.2) is 24.3 Å². The molecule has 110 valence electrons. The number of likely N-dealkylation sites (N-methyl/N-ethyl adjacent to an activating group) is 1. The van der Waals surface area contributed by atoms with E-state index in [1.165, 1.54) is 0 Å². The minimum absolute atomic E-state index is 0.0801. The van der Waals surface area contributed by atoms with E-state index < -0.39 is 0 Å². The fraction of sp³-hybridized carbons (Fsp3) is 0.533. The zero-order valence-electron chi connectivity index (χ0n) is 11.9. The summed E-state index contributed by atoms with van der Waals surface area (Å²) in [6, 6.07) is 7.74. The van der Waals surface area contributed by atoms with Crippen molar-refractivity contribution in [3.63, 3.8) is 0 Å². The molecule has 0 spiro atoms. The Morgan fingerprint density at radius 2 is 2.15 bits per heavy atom. The van der Waals surface area contributed by atoms with Crippen LogP contribution in [0, 0.1) is 0 Å². The Morgan fingerprint density at radius 1 is 1.45 bits per heavy atom. The van der Waals surface area contributed by atoms with Crippen LogP contribution >= 0.6 is 11.6 Å². The Balaban J connectivity index is 1.81. The molecule has 20 heavy (non-hydrogen) atoms. The predicted molar refractivity (Wildman–Crippen MR) is 81.3 cm³/mol. The maximum Gasteiger partial charge on any atom is 0.275 e. The first-order valence-electron chi connectivity index (χ1n) is 7.07. The van der Waals surface area contributed by atoms with E-state index in [1.54, 1.807) is 0 Å². The number of piperidine rings is 1. The topological polar surface area (TPSA) is 55.1 Å². The number of nitrogens with one attached hydrogen (secondary N) is 1. The Kier molecular flexibility index (Phi) is 5.02. The van der Waals surface area contributed by atoms with E-state index in [2.05, 4.69) is 12.4 Å². The molecule has 0 bridgehead atoms. The first kappa shape index (κ1) is 15.3. The van der Waals surface area contributed by atoms with Gasteiger partial charge in [-0.25, -0.2) is 0 Å². The maximum absolute atomic E-state index is 12.1. The quantitative estimate of drug-likeness (QED) is 0.828. The van der Waals surface area contributed by atoms with E-state index in [1.807, 2.05) is 24.3 Å². The zero-order chi connectivity index (χ0) is 14.6. The normalized spacial score (nSPS) is 26.2. The van der Waals surface area contributed by atoms with Crippen molar-refractivity contribution >= 4 is 17.5 Å². The molecule has 5 heteroatoms. The molecule has 0 radical (unpaired) electrons. The summed E-state index contributed by atoms with van der Waals surface area (Å²) in [5.74, 6) is 0.0801. The van der Waals surface area contributed by atoms with Crippen LogP contribution in [-0.2, 0) is 11.3 Å². The van der Waals surface area contributed by atoms with Gasteiger partial charge in [0, 0.05) is 11.6 Å². The zero-order valence-corrected chi connectivity index (χ0v) is 12.7. The molecule has 1 aliphatic rings. The summed E-state index contributed by atoms with van der Waals surface area (Å²) in [6.07, 6.45) is 2.17. The van der Waals surface area contributed by atoms with Crippen molar-refractivity contribution in [3.05, 3.63) is 34.9 Å². The number of nitrogens with zero attached hydrogens (tertiary/aromatic N) is 1. The monoisotopic (exact) mass is 296 g/mol. The number of hydrogen-bond acceptors (Lipinski definition) is 2. The average molecular weight is 297 g/mol. The standard InChI is InChI=1S/C15H22ClN3O/c1-19(8-2-3-14(17)10-19)11-15(20)18-9-12-4-6-13(16)7-5-12/h4-7,14H,2-3,8-11,17H2,1H3/p+1/t14-,19?/m1/s1. The fourth-order valence-corrected chi connectivity index (χ4v) is 2.96. The van der Waals surface area contributed by atoms with Crippen molar-refractivity contribution in [2.75, 3.05) is 26.7 Å². The van der Waals surface area contributed by atoms with E-state index in [9.17, 15) is 4.79 Å². The van der Waals surface area contributed by atoms with E-state index in [-0.39, 0.29) is 11.9 Å². The summed E-state index contributed by atoms with van der Waals surface area (Å²) in [5, 5.41) is 3.68. The molecule has 0 aromatic heterocycles. The SMILES string of the molecule is C[N+]1(CC(=O)NCc2ccc(Cl)cc2)CCC[C@@H](N)C1. The molecule has 1 aromatic rings. The average Bonchev–Trinajstić information content (AvgIpc) is 2.37. The molecule has 3 N–H and O–H groups in total. The Morgan fingerprint density at radius 3 is 2.80 bits per heavy atom. The number of carbonyl (C=O) groups excluding carboxylic acids is 1. The van der Waals surface area contributed by atoms with Crippen molar-refractivity contribution in [3.8, 4) is 0 Å². The highest BCUT2D eigenvalue weighted by molar-refractivity contribution is 6.30. The van der Waals surface area contributed by atoms with Gasteiger partial charge in [-0.2, -0.15) is 0 Å². The molecule has 1 saturated heterocycles. The summed E-state index contributed by atoms with van der Waals surface area (Å²) in [4.78, 5) is 12.1. The van der Waals surface area contributed by atoms with Gasteiger partial charge in [-0.05, 0) is 30.5 Å². The highest BCUT2D eigenvalue weighted by atomic mass is 35.5. The second-order valence-electron chi connectivity index (χ2n) is 5.99. The van der Waals surface area contributed by atoms with E-state index in [4.69, 9.17) is 17.3 Å². The van der Waals surface area contributed by atoms with Gasteiger partial charge in [-0.1, -0.05) is 23.7 Å². The van der Waals surface area contributed by atoms with E-state index >= 15 is 0 Å². The number of rotatable bonds is 4. The van der Waals surface area contributed by atoms with Crippen LogP contribution in [0.3, 0.4) is 0 Å². The van der Waals surface area contributed by atoms with Crippen LogP contribution in [0.4, 0.5) is 0 Å². The minimum atomic E-state index is 0.0801. The van der Waals surface area contributed by atoms with Gasteiger partial charge in [0.05, 0.1) is 26.2 Å². The lowest BCUT2D eigenvalue weighted by atomic mass is 10.0. The number of nitrogens with two attached hydrogens (primary N) is 1. The highest BCUT2D eigenvalue weighted by Gasteiger charge is 2.31. The molecule has 0 saturated carbocycles. The van der Waals surface area contributed by atoms with Crippen LogP contribution in [0.2, 0.25) is 5.02 Å². The van der Waals surface area contributed by atoms with Gasteiger partial charge in [0.1, 0.15) is 0 Å². The molecule has 2 atom stereocenters. The predicted octanol–water partition coefficient (Wildman–Crippen LogP) is 1.52. The molecule has 2 rings (SSSR count). The Bertz CT molecular complexity index is 463. The summed E-state index contributed by atoms with van der Waals surface area (Å²) in [6.45, 7) is 2.96. The highest BCUT2D eigenvalue weighted by Crippen LogP contribution is 2.15. The van der Waals surface area contributed by atoms with E-state index in [0.717, 1.165) is 36.0 Å². The molecule has 1 aliphatic heterocycles. The molecule has 1 heterocycles. The van der Waals surface area contributed by atoms with Crippen molar-refractivity contribution in [1.29, 1.82) is 0 Å². The summed E-state index contributed by atoms with van der Waals surface area (Å²) in [5.41, 5.74) is 7.06. The Labute approximate surface area is 125 Å². The number of halogens is 1. The Hall–Kier alpha value is -1.10. The number of likely N-dealkylation sites (tertiary alicyclic amines) is 1. The van der Waals surface area contributed by atoms with Crippen molar-refractivity contribution in [2.24, 2.45) is 5.73 Å². The summed E-state index contributed by atoms with van der Waals surface area (Å²) in [7, 11) is 2.11. The molecule has 1 aromatic carbocycles. The van der Waals surface area contributed by atoms with E-state index in [0.29, 0.717) is 18.1 Å². The number of quaternary nitrogens is 1. The van der Waals surface area contributed by atoms with Crippen molar-refractivity contribution in [2.45, 2.75) is 25.4 Å². The van der Waals surface area contributed by atoms with Gasteiger partial charge in [-0.15, -0.1) is 0 Å². The largest absolute Gasteiger partial charge is 0.347 e. The number of amides is 1. The van der Waals surface area contributed by atoms with Crippen LogP contribution in [0.5, 0.6) is 0 Å². The fourth-order valence-electron chi connectivity index (χ4n) is 2.83. The molecule has 4 nitrogen and oxygen atoms in total. The van der Waals surface area contributed by atoms with Crippen LogP contribution < -0.4 is 11.1 Å². The van der Waals surface area contributed by atoms with Gasteiger partial charge >= 0.3 is 0 Å². The second kappa shape index (κ2) is 6.57. The van der Waals surface area contributed by atoms with Crippen molar-refractivity contribution < 1.29 is 9.28 Å². The third-order valence-corrected chi connectivity index (χ3v) is 4.13. The number of carbonyl (C=O) groups is 1. The first-order chi connectivity index (χ1) is 9.47. The molecule has 1 amide bonds. The molecule has 1 fully saturated rings. The third kappa shape index (κ3) is 4.47. The second-order valence-corrected chi connectivity index (χ2v) is 6.43. The lowest BCUT2D eigenvalue weighted by Gasteiger charge is -2.39. The van der Waals surface area contributed by atoms with Gasteiger partial charge in [0.15, 0.2) is 6.54 Å². The lowest BCUT2D eigenvalue weighted by molar-refractivity contribution is -0.907. The number of benzene rings is 1.